The third kappa shape index (κ3) is 6.22. The molecule has 0 spiro atoms. The van der Waals surface area contributed by atoms with Crippen LogP contribution in [0.3, 0.4) is 0 Å². The number of carbonyl (C=O) groups excluding carboxylic acids is 1. The topological polar surface area (TPSA) is 89.3 Å². The predicted molar refractivity (Wildman–Crippen MR) is 81.1 cm³/mol. The fourth-order valence-corrected chi connectivity index (χ4v) is 3.67. The van der Waals surface area contributed by atoms with Crippen LogP contribution in [-0.2, 0) is 14.6 Å². The van der Waals surface area contributed by atoms with Crippen molar-refractivity contribution in [3.8, 4) is 0 Å². The van der Waals surface area contributed by atoms with Gasteiger partial charge in [0.2, 0.25) is 5.91 Å². The zero-order valence-corrected chi connectivity index (χ0v) is 13.5. The number of rotatable bonds is 7. The minimum atomic E-state index is -2.97. The number of carbonyl (C=O) groups is 1. The first-order valence-electron chi connectivity index (χ1n) is 7.43. The van der Waals surface area contributed by atoms with Crippen molar-refractivity contribution in [1.82, 2.24) is 5.32 Å². The molecule has 3 N–H and O–H groups in total. The Morgan fingerprint density at radius 2 is 1.90 bits per heavy atom. The van der Waals surface area contributed by atoms with Gasteiger partial charge in [-0.15, -0.1) is 0 Å². The van der Waals surface area contributed by atoms with Crippen LogP contribution in [0.4, 0.5) is 0 Å². The second-order valence-corrected chi connectivity index (χ2v) is 8.59. The van der Waals surface area contributed by atoms with Gasteiger partial charge in [-0.05, 0) is 38.1 Å². The maximum absolute atomic E-state index is 12.1. The summed E-state index contributed by atoms with van der Waals surface area (Å²) in [5.41, 5.74) is 5.83. The van der Waals surface area contributed by atoms with Crippen LogP contribution in [0, 0.1) is 5.41 Å². The smallest absolute Gasteiger partial charge is 0.220 e. The average Bonchev–Trinajstić information content (AvgIpc) is 2.36. The van der Waals surface area contributed by atoms with Crippen LogP contribution in [0.5, 0.6) is 0 Å². The van der Waals surface area contributed by atoms with Crippen molar-refractivity contribution in [2.75, 3.05) is 18.6 Å². The molecule has 0 radical (unpaired) electrons. The van der Waals surface area contributed by atoms with Crippen LogP contribution in [0.25, 0.3) is 0 Å². The van der Waals surface area contributed by atoms with Crippen molar-refractivity contribution in [2.24, 2.45) is 11.1 Å². The van der Waals surface area contributed by atoms with Gasteiger partial charge in [0.1, 0.15) is 9.84 Å². The van der Waals surface area contributed by atoms with Crippen molar-refractivity contribution >= 4 is 15.7 Å². The maximum atomic E-state index is 12.1. The molecule has 118 valence electrons. The molecule has 20 heavy (non-hydrogen) atoms. The molecule has 1 fully saturated rings. The number of nitrogens with one attached hydrogen (secondary N) is 1. The van der Waals surface area contributed by atoms with Gasteiger partial charge in [0, 0.05) is 18.7 Å². The van der Waals surface area contributed by atoms with Gasteiger partial charge in [0.05, 0.1) is 5.75 Å². The molecular formula is C14H28N2O3S. The minimum Gasteiger partial charge on any atom is -0.354 e. The molecule has 0 aromatic carbocycles. The molecule has 5 nitrogen and oxygen atoms in total. The van der Waals surface area contributed by atoms with Crippen molar-refractivity contribution in [1.29, 1.82) is 0 Å². The van der Waals surface area contributed by atoms with Gasteiger partial charge in [-0.1, -0.05) is 19.3 Å². The van der Waals surface area contributed by atoms with E-state index >= 15 is 0 Å². The Balaban J connectivity index is 2.41. The van der Waals surface area contributed by atoms with Gasteiger partial charge in [0.25, 0.3) is 0 Å². The number of hydrogen-bond donors (Lipinski definition) is 2. The van der Waals surface area contributed by atoms with Crippen molar-refractivity contribution < 1.29 is 13.2 Å². The highest BCUT2D eigenvalue weighted by molar-refractivity contribution is 7.90. The van der Waals surface area contributed by atoms with E-state index in [4.69, 9.17) is 5.73 Å². The fourth-order valence-electron chi connectivity index (χ4n) is 2.88. The van der Waals surface area contributed by atoms with E-state index < -0.39 is 9.84 Å². The quantitative estimate of drug-likeness (QED) is 0.740. The molecule has 0 bridgehead atoms. The lowest BCUT2D eigenvalue weighted by atomic mass is 9.71. The second kappa shape index (κ2) is 7.41. The SMILES string of the molecule is CC(CCS(C)(=O)=O)NC(=O)CC1(CN)CCCCC1. The van der Waals surface area contributed by atoms with Gasteiger partial charge < -0.3 is 11.1 Å². The van der Waals surface area contributed by atoms with Crippen LogP contribution in [-0.4, -0.2) is 38.9 Å². The second-order valence-electron chi connectivity index (χ2n) is 6.33. The van der Waals surface area contributed by atoms with Crippen LogP contribution in [0.2, 0.25) is 0 Å². The van der Waals surface area contributed by atoms with E-state index in [9.17, 15) is 13.2 Å². The van der Waals surface area contributed by atoms with Crippen LogP contribution in [0.15, 0.2) is 0 Å². The standard InChI is InChI=1S/C14H28N2O3S/c1-12(6-9-20(2,18)19)16-13(17)10-14(11-15)7-4-3-5-8-14/h12H,3-11,15H2,1-2H3,(H,16,17). The Morgan fingerprint density at radius 1 is 1.30 bits per heavy atom. The Labute approximate surface area is 122 Å². The summed E-state index contributed by atoms with van der Waals surface area (Å²) in [7, 11) is -2.97. The van der Waals surface area contributed by atoms with Crippen molar-refractivity contribution in [3.05, 3.63) is 0 Å². The van der Waals surface area contributed by atoms with Crippen LogP contribution >= 0.6 is 0 Å². The summed E-state index contributed by atoms with van der Waals surface area (Å²) in [5, 5.41) is 2.90. The molecule has 6 heteroatoms. The zero-order chi connectivity index (χ0) is 15.2. The molecule has 1 unspecified atom stereocenters. The summed E-state index contributed by atoms with van der Waals surface area (Å²) < 4.78 is 22.2. The monoisotopic (exact) mass is 304 g/mol. The molecule has 0 aromatic heterocycles. The first-order chi connectivity index (χ1) is 9.26. The molecule has 0 saturated heterocycles. The third-order valence-electron chi connectivity index (χ3n) is 4.21. The Morgan fingerprint density at radius 3 is 2.40 bits per heavy atom. The van der Waals surface area contributed by atoms with Gasteiger partial charge >= 0.3 is 0 Å². The molecule has 0 aliphatic heterocycles. The van der Waals surface area contributed by atoms with Gasteiger partial charge in [-0.3, -0.25) is 4.79 Å². The van der Waals surface area contributed by atoms with Gasteiger partial charge in [0.15, 0.2) is 0 Å². The predicted octanol–water partition coefficient (Wildman–Crippen LogP) is 1.23. The van der Waals surface area contributed by atoms with Crippen LogP contribution in [0.1, 0.15) is 51.9 Å². The van der Waals surface area contributed by atoms with E-state index in [2.05, 4.69) is 5.32 Å². The molecular weight excluding hydrogens is 276 g/mol. The summed E-state index contributed by atoms with van der Waals surface area (Å²) in [6, 6.07) is -0.115. The lowest BCUT2D eigenvalue weighted by Crippen LogP contribution is -2.41. The summed E-state index contributed by atoms with van der Waals surface area (Å²) in [6.07, 6.45) is 7.71. The van der Waals surface area contributed by atoms with Gasteiger partial charge in [-0.2, -0.15) is 0 Å². The van der Waals surface area contributed by atoms with Crippen molar-refractivity contribution in [2.45, 2.75) is 57.9 Å². The lowest BCUT2D eigenvalue weighted by molar-refractivity contribution is -0.124. The minimum absolute atomic E-state index is 0.00153. The number of nitrogens with two attached hydrogens (primary N) is 1. The highest BCUT2D eigenvalue weighted by atomic mass is 32.2. The Kier molecular flexibility index (Phi) is 6.45. The first kappa shape index (κ1) is 17.4. The third-order valence-corrected chi connectivity index (χ3v) is 5.19. The zero-order valence-electron chi connectivity index (χ0n) is 12.7. The largest absolute Gasteiger partial charge is 0.354 e. The molecule has 1 rings (SSSR count). The Hall–Kier alpha value is -0.620. The lowest BCUT2D eigenvalue weighted by Gasteiger charge is -2.36. The summed E-state index contributed by atoms with van der Waals surface area (Å²) in [5.74, 6) is 0.106. The van der Waals surface area contributed by atoms with E-state index in [1.54, 1.807) is 0 Å². The summed E-state index contributed by atoms with van der Waals surface area (Å²) >= 11 is 0. The highest BCUT2D eigenvalue weighted by Gasteiger charge is 2.33. The molecule has 0 heterocycles. The van der Waals surface area contributed by atoms with Gasteiger partial charge in [-0.25, -0.2) is 8.42 Å². The highest BCUT2D eigenvalue weighted by Crippen LogP contribution is 2.38. The molecule has 1 aliphatic carbocycles. The molecule has 1 atom stereocenters. The number of amides is 1. The van der Waals surface area contributed by atoms with E-state index in [1.165, 1.54) is 12.7 Å². The normalized spacial score (nSPS) is 20.4. The van der Waals surface area contributed by atoms with E-state index in [-0.39, 0.29) is 23.1 Å². The molecule has 0 aromatic rings. The summed E-state index contributed by atoms with van der Waals surface area (Å²) in [4.78, 5) is 12.1. The molecule has 1 amide bonds. The maximum Gasteiger partial charge on any atom is 0.220 e. The van der Waals surface area contributed by atoms with E-state index in [0.717, 1.165) is 25.7 Å². The van der Waals surface area contributed by atoms with E-state index in [0.29, 0.717) is 19.4 Å². The number of hydrogen-bond acceptors (Lipinski definition) is 4. The van der Waals surface area contributed by atoms with Crippen LogP contribution < -0.4 is 11.1 Å². The Bertz CT molecular complexity index is 414. The van der Waals surface area contributed by atoms with Crippen molar-refractivity contribution in [3.63, 3.8) is 0 Å². The number of sulfone groups is 1. The van der Waals surface area contributed by atoms with E-state index in [1.807, 2.05) is 6.92 Å². The summed E-state index contributed by atoms with van der Waals surface area (Å²) in [6.45, 7) is 2.40. The fraction of sp³-hybridized carbons (Fsp3) is 0.929. The molecule has 1 aliphatic rings. The first-order valence-corrected chi connectivity index (χ1v) is 9.50. The molecule has 1 saturated carbocycles. The average molecular weight is 304 g/mol.